The third kappa shape index (κ3) is 4.62. The molecule has 2 aliphatic rings. The van der Waals surface area contributed by atoms with Gasteiger partial charge in [0.1, 0.15) is 17.4 Å². The highest BCUT2D eigenvalue weighted by Gasteiger charge is 2.36. The summed E-state index contributed by atoms with van der Waals surface area (Å²) in [6.45, 7) is 0.142. The number of carbonyl (C=O) groups is 1. The van der Waals surface area contributed by atoms with Crippen LogP contribution in [0, 0.1) is 5.41 Å². The average molecular weight is 495 g/mol. The Kier molecular flexibility index (Phi) is 5.77. The fourth-order valence-corrected chi connectivity index (χ4v) is 4.28. The van der Waals surface area contributed by atoms with E-state index < -0.39 is 17.6 Å². The molecule has 1 aromatic heterocycles. The molecule has 0 saturated heterocycles. The van der Waals surface area contributed by atoms with Crippen molar-refractivity contribution in [3.8, 4) is 11.4 Å². The second-order valence-electron chi connectivity index (χ2n) is 7.47. The molecule has 35 heavy (non-hydrogen) atoms. The number of amidine groups is 2. The Balaban J connectivity index is 1.40. The maximum atomic E-state index is 13.2. The predicted molar refractivity (Wildman–Crippen MR) is 128 cm³/mol. The first-order chi connectivity index (χ1) is 16.8. The minimum absolute atomic E-state index is 0.0322. The summed E-state index contributed by atoms with van der Waals surface area (Å²) in [7, 11) is 0. The van der Waals surface area contributed by atoms with Crippen molar-refractivity contribution in [1.82, 2.24) is 9.58 Å². The zero-order valence-corrected chi connectivity index (χ0v) is 18.7. The van der Waals surface area contributed by atoms with Gasteiger partial charge in [-0.3, -0.25) is 10.2 Å². The smallest absolute Gasteiger partial charge is 0.416 e. The molecule has 0 atom stereocenters. The molecule has 11 heteroatoms. The highest BCUT2D eigenvalue weighted by atomic mass is 32.2. The number of thioether (sulfide) groups is 1. The number of hydrazone groups is 1. The molecule has 2 aliphatic heterocycles. The number of carbonyl (C=O) groups excluding carboxylic acids is 1. The molecule has 1 amide bonds. The highest BCUT2D eigenvalue weighted by molar-refractivity contribution is 8.27. The maximum absolute atomic E-state index is 13.2. The van der Waals surface area contributed by atoms with Gasteiger partial charge < -0.3 is 9.30 Å². The highest BCUT2D eigenvalue weighted by Crippen LogP contribution is 2.32. The lowest BCUT2D eigenvalue weighted by Crippen LogP contribution is -2.35. The Labute approximate surface area is 201 Å². The number of benzene rings is 2. The average Bonchev–Trinajstić information content (AvgIpc) is 3.47. The number of amides is 1. The van der Waals surface area contributed by atoms with Crippen molar-refractivity contribution in [1.29, 1.82) is 5.41 Å². The maximum Gasteiger partial charge on any atom is 0.416 e. The number of fused-ring (bicyclic) bond motifs is 1. The molecule has 0 radical (unpaired) electrons. The summed E-state index contributed by atoms with van der Waals surface area (Å²) in [5.74, 6) is -0.158. The van der Waals surface area contributed by atoms with Gasteiger partial charge in [0, 0.05) is 17.6 Å². The number of aliphatic imine (C=N–C) groups is 1. The lowest BCUT2D eigenvalue weighted by atomic mass is 10.1. The van der Waals surface area contributed by atoms with Crippen LogP contribution in [0.3, 0.4) is 0 Å². The van der Waals surface area contributed by atoms with E-state index in [2.05, 4.69) is 10.1 Å². The third-order valence-electron chi connectivity index (χ3n) is 5.13. The van der Waals surface area contributed by atoms with E-state index in [4.69, 9.17) is 10.1 Å². The van der Waals surface area contributed by atoms with Crippen molar-refractivity contribution in [2.24, 2.45) is 10.1 Å². The molecule has 0 aliphatic carbocycles. The van der Waals surface area contributed by atoms with Gasteiger partial charge in [-0.25, -0.2) is 0 Å². The van der Waals surface area contributed by atoms with Crippen LogP contribution in [0.5, 0.6) is 5.75 Å². The van der Waals surface area contributed by atoms with E-state index in [9.17, 15) is 18.0 Å². The summed E-state index contributed by atoms with van der Waals surface area (Å²) in [4.78, 5) is 16.8. The van der Waals surface area contributed by atoms with E-state index in [1.807, 2.05) is 18.2 Å². The largest absolute Gasteiger partial charge is 0.487 e. The molecule has 5 rings (SSSR count). The Bertz CT molecular complexity index is 1410. The number of rotatable bonds is 5. The van der Waals surface area contributed by atoms with E-state index in [1.165, 1.54) is 27.8 Å². The molecule has 1 N–H and O–H groups in total. The molecule has 0 fully saturated rings. The lowest BCUT2D eigenvalue weighted by molar-refractivity contribution is -0.137. The van der Waals surface area contributed by atoms with Crippen LogP contribution in [0.1, 0.15) is 11.3 Å². The summed E-state index contributed by atoms with van der Waals surface area (Å²) < 4.78 is 46.7. The van der Waals surface area contributed by atoms with Gasteiger partial charge in [0.15, 0.2) is 5.84 Å². The van der Waals surface area contributed by atoms with E-state index in [0.29, 0.717) is 16.5 Å². The fourth-order valence-electron chi connectivity index (χ4n) is 3.48. The number of nitrogens with one attached hydrogen (secondary N) is 1. The van der Waals surface area contributed by atoms with Crippen LogP contribution in [0.2, 0.25) is 0 Å². The Morgan fingerprint density at radius 1 is 1.06 bits per heavy atom. The fraction of sp³-hybridized carbons (Fsp3) is 0.0833. The SMILES string of the molecule is N=C1/C(=C/c2cccn2-c2cccc(C(F)(F)F)c2)C(=O)N=C2SC(COc3ccccc3)=NN12. The molecular weight excluding hydrogens is 479 g/mol. The number of para-hydroxylation sites is 1. The van der Waals surface area contributed by atoms with Crippen LogP contribution < -0.4 is 4.74 Å². The number of hydrogen-bond donors (Lipinski definition) is 1. The Hall–Kier alpha value is -4.12. The first kappa shape index (κ1) is 22.7. The minimum atomic E-state index is -4.48. The normalized spacial score (nSPS) is 16.9. The number of aromatic nitrogens is 1. The first-order valence-electron chi connectivity index (χ1n) is 10.3. The molecule has 7 nitrogen and oxygen atoms in total. The third-order valence-corrected chi connectivity index (χ3v) is 6.01. The quantitative estimate of drug-likeness (QED) is 0.494. The van der Waals surface area contributed by atoms with Gasteiger partial charge >= 0.3 is 6.18 Å². The van der Waals surface area contributed by atoms with Crippen LogP contribution in [0.4, 0.5) is 13.2 Å². The van der Waals surface area contributed by atoms with Gasteiger partial charge in [-0.05, 0) is 60.3 Å². The summed E-state index contributed by atoms with van der Waals surface area (Å²) in [5.41, 5.74) is -0.132. The van der Waals surface area contributed by atoms with E-state index in [-0.39, 0.29) is 28.9 Å². The molecule has 3 aromatic rings. The topological polar surface area (TPSA) is 83.0 Å². The van der Waals surface area contributed by atoms with Gasteiger partial charge in [0.25, 0.3) is 5.91 Å². The van der Waals surface area contributed by atoms with Gasteiger partial charge in [0.05, 0.1) is 11.1 Å². The van der Waals surface area contributed by atoms with Crippen molar-refractivity contribution in [3.05, 3.63) is 89.8 Å². The summed E-state index contributed by atoms with van der Waals surface area (Å²) in [6.07, 6.45) is -1.48. The van der Waals surface area contributed by atoms with Gasteiger partial charge in [-0.1, -0.05) is 24.3 Å². The zero-order valence-electron chi connectivity index (χ0n) is 17.9. The molecule has 0 unspecified atom stereocenters. The van der Waals surface area contributed by atoms with E-state index in [0.717, 1.165) is 23.9 Å². The molecule has 0 spiro atoms. The molecule has 2 aromatic carbocycles. The predicted octanol–water partition coefficient (Wildman–Crippen LogP) is 5.19. The van der Waals surface area contributed by atoms with Crippen LogP contribution >= 0.6 is 11.8 Å². The Morgan fingerprint density at radius 3 is 2.63 bits per heavy atom. The molecule has 0 bridgehead atoms. The zero-order chi connectivity index (χ0) is 24.6. The Morgan fingerprint density at radius 2 is 1.86 bits per heavy atom. The second kappa shape index (κ2) is 8.91. The first-order valence-corrected chi connectivity index (χ1v) is 11.1. The number of alkyl halides is 3. The summed E-state index contributed by atoms with van der Waals surface area (Å²) >= 11 is 1.14. The minimum Gasteiger partial charge on any atom is -0.487 e. The van der Waals surface area contributed by atoms with Crippen molar-refractivity contribution in [2.75, 3.05) is 6.61 Å². The van der Waals surface area contributed by atoms with E-state index in [1.54, 1.807) is 30.5 Å². The van der Waals surface area contributed by atoms with Gasteiger partial charge in [0.2, 0.25) is 5.17 Å². The number of halogens is 3. The number of hydrogen-bond acceptors (Lipinski definition) is 5. The number of ether oxygens (including phenoxy) is 1. The van der Waals surface area contributed by atoms with Crippen molar-refractivity contribution in [3.63, 3.8) is 0 Å². The van der Waals surface area contributed by atoms with Gasteiger partial charge in [-0.2, -0.15) is 28.3 Å². The van der Waals surface area contributed by atoms with Crippen LogP contribution in [0.15, 0.2) is 88.6 Å². The van der Waals surface area contributed by atoms with Gasteiger partial charge in [-0.15, -0.1) is 0 Å². The van der Waals surface area contributed by atoms with Crippen molar-refractivity contribution < 1.29 is 22.7 Å². The monoisotopic (exact) mass is 495 g/mol. The lowest BCUT2D eigenvalue weighted by Gasteiger charge is -2.20. The molecule has 176 valence electrons. The standard InChI is InChI=1S/C24H16F3N5O2S/c25-24(26,27)15-6-4-7-16(12-15)31-11-5-8-17(31)13-19-21(28)32-23(29-22(19)33)35-20(30-32)14-34-18-9-2-1-3-10-18/h1-13,28H,14H2/b19-13-,28-21?. The summed E-state index contributed by atoms with van der Waals surface area (Å²) in [5, 5.41) is 14.9. The number of nitrogens with zero attached hydrogens (tertiary/aromatic N) is 4. The molecular formula is C24H16F3N5O2S. The van der Waals surface area contributed by atoms with Crippen LogP contribution in [-0.4, -0.2) is 38.1 Å². The van der Waals surface area contributed by atoms with Crippen LogP contribution in [-0.2, 0) is 11.0 Å². The van der Waals surface area contributed by atoms with Crippen molar-refractivity contribution in [2.45, 2.75) is 6.18 Å². The summed E-state index contributed by atoms with van der Waals surface area (Å²) in [6, 6.07) is 17.3. The van der Waals surface area contributed by atoms with Crippen LogP contribution in [0.25, 0.3) is 11.8 Å². The van der Waals surface area contributed by atoms with E-state index >= 15 is 0 Å². The molecule has 0 saturated carbocycles. The van der Waals surface area contributed by atoms with Crippen molar-refractivity contribution >= 4 is 39.8 Å². The molecule has 3 heterocycles. The second-order valence-corrected chi connectivity index (χ2v) is 8.51.